The Kier molecular flexibility index (Phi) is 16.0. The molecular weight excluding hydrogens is 248 g/mol. The molecular formula is C18H34O2. The lowest BCUT2D eigenvalue weighted by molar-refractivity contribution is 0.209. The topological polar surface area (TPSA) is 37.3 Å². The van der Waals surface area contributed by atoms with Crippen LogP contribution in [0.2, 0.25) is 0 Å². The normalized spacial score (nSPS) is 12.1. The van der Waals surface area contributed by atoms with Gasteiger partial charge in [0.05, 0.1) is 6.10 Å². The highest BCUT2D eigenvalue weighted by Gasteiger charge is 1.99. The van der Waals surface area contributed by atoms with Crippen LogP contribution in [0.4, 0.5) is 0 Å². The second kappa shape index (κ2) is 16.5. The van der Waals surface area contributed by atoms with Crippen LogP contribution in [-0.2, 0) is 4.79 Å². The van der Waals surface area contributed by atoms with Gasteiger partial charge >= 0.3 is 0 Å². The van der Waals surface area contributed by atoms with Crippen molar-refractivity contribution in [3.05, 3.63) is 6.08 Å². The van der Waals surface area contributed by atoms with Crippen molar-refractivity contribution < 1.29 is 9.90 Å². The second-order valence-corrected chi connectivity index (χ2v) is 5.88. The molecule has 0 aromatic carbocycles. The van der Waals surface area contributed by atoms with Crippen molar-refractivity contribution in [1.29, 1.82) is 0 Å². The third kappa shape index (κ3) is 15.5. The van der Waals surface area contributed by atoms with Gasteiger partial charge in [-0.25, -0.2) is 4.79 Å². The van der Waals surface area contributed by atoms with E-state index in [9.17, 15) is 9.90 Å². The molecule has 0 spiro atoms. The highest BCUT2D eigenvalue weighted by molar-refractivity contribution is 5.45. The van der Waals surface area contributed by atoms with E-state index in [-0.39, 0.29) is 0 Å². The predicted octanol–water partition coefficient (Wildman–Crippen LogP) is 5.22. The molecule has 0 aliphatic carbocycles. The summed E-state index contributed by atoms with van der Waals surface area (Å²) in [4.78, 5) is 10.0. The van der Waals surface area contributed by atoms with Gasteiger partial charge in [-0.05, 0) is 6.42 Å². The molecule has 118 valence electrons. The molecule has 0 aliphatic heterocycles. The Morgan fingerprint density at radius 3 is 1.60 bits per heavy atom. The number of carbonyl (C=O) groups excluding carboxylic acids is 1. The quantitative estimate of drug-likeness (QED) is 0.330. The molecule has 0 saturated heterocycles. The van der Waals surface area contributed by atoms with Gasteiger partial charge in [-0.1, -0.05) is 90.4 Å². The van der Waals surface area contributed by atoms with Crippen LogP contribution in [0, 0.1) is 0 Å². The first-order valence-electron chi connectivity index (χ1n) is 8.70. The number of aliphatic hydroxyl groups excluding tert-OH is 1. The fourth-order valence-electron chi connectivity index (χ4n) is 2.53. The zero-order valence-corrected chi connectivity index (χ0v) is 13.4. The minimum Gasteiger partial charge on any atom is -0.388 e. The number of hydrogen-bond donors (Lipinski definition) is 1. The molecule has 0 aromatic rings. The monoisotopic (exact) mass is 282 g/mol. The van der Waals surface area contributed by atoms with Crippen molar-refractivity contribution in [3.8, 4) is 0 Å². The minimum absolute atomic E-state index is 0.583. The third-order valence-electron chi connectivity index (χ3n) is 3.86. The molecule has 2 heteroatoms. The van der Waals surface area contributed by atoms with Crippen LogP contribution in [0.5, 0.6) is 0 Å². The maximum absolute atomic E-state index is 10.0. The molecule has 1 N–H and O–H groups in total. The lowest BCUT2D eigenvalue weighted by Crippen LogP contribution is -2.01. The van der Waals surface area contributed by atoms with Crippen molar-refractivity contribution in [1.82, 2.24) is 0 Å². The number of rotatable bonds is 15. The highest BCUT2D eigenvalue weighted by Crippen LogP contribution is 2.13. The predicted molar refractivity (Wildman–Crippen MR) is 86.6 cm³/mol. The standard InChI is InChI=1S/C18H34O2/c1-2-3-4-5-6-7-8-9-10-11-12-13-14-15-18(20)16-17-19/h16,18,20H,2-15H2,1H3. The van der Waals surface area contributed by atoms with Crippen LogP contribution in [0.15, 0.2) is 6.08 Å². The molecule has 0 aromatic heterocycles. The van der Waals surface area contributed by atoms with E-state index < -0.39 is 6.10 Å². The van der Waals surface area contributed by atoms with Crippen molar-refractivity contribution in [3.63, 3.8) is 0 Å². The zero-order chi connectivity index (χ0) is 14.9. The summed E-state index contributed by atoms with van der Waals surface area (Å²) in [6.07, 6.45) is 18.6. The Bertz CT molecular complexity index is 232. The first-order valence-corrected chi connectivity index (χ1v) is 8.70. The molecule has 0 radical (unpaired) electrons. The van der Waals surface area contributed by atoms with Gasteiger partial charge in [0.1, 0.15) is 5.94 Å². The van der Waals surface area contributed by atoms with Crippen LogP contribution >= 0.6 is 0 Å². The lowest BCUT2D eigenvalue weighted by atomic mass is 10.0. The Hall–Kier alpha value is -0.590. The summed E-state index contributed by atoms with van der Waals surface area (Å²) in [6.45, 7) is 2.26. The van der Waals surface area contributed by atoms with Gasteiger partial charge in [-0.15, -0.1) is 0 Å². The maximum atomic E-state index is 10.0. The van der Waals surface area contributed by atoms with Gasteiger partial charge < -0.3 is 5.11 Å². The van der Waals surface area contributed by atoms with E-state index in [1.54, 1.807) is 5.94 Å². The summed E-state index contributed by atoms with van der Waals surface area (Å²) < 4.78 is 0. The summed E-state index contributed by atoms with van der Waals surface area (Å²) in [5.41, 5.74) is 0. The van der Waals surface area contributed by atoms with Gasteiger partial charge in [-0.3, -0.25) is 0 Å². The van der Waals surface area contributed by atoms with Gasteiger partial charge in [0, 0.05) is 6.08 Å². The first-order chi connectivity index (χ1) is 9.81. The number of aliphatic hydroxyl groups is 1. The second-order valence-electron chi connectivity index (χ2n) is 5.88. The molecule has 0 amide bonds. The fraction of sp³-hybridized carbons (Fsp3) is 0.889. The smallest absolute Gasteiger partial charge is 0.122 e. The van der Waals surface area contributed by atoms with E-state index >= 15 is 0 Å². The maximum Gasteiger partial charge on any atom is 0.122 e. The summed E-state index contributed by atoms with van der Waals surface area (Å²) in [5, 5.41) is 9.31. The Balaban J connectivity index is 3.04. The summed E-state index contributed by atoms with van der Waals surface area (Å²) in [7, 11) is 0. The Morgan fingerprint density at radius 1 is 0.800 bits per heavy atom. The zero-order valence-electron chi connectivity index (χ0n) is 13.4. The summed E-state index contributed by atoms with van der Waals surface area (Å²) in [6, 6.07) is 0. The Labute approximate surface area is 125 Å². The SMILES string of the molecule is CCCCCCCCCCCCCCCC(O)C=C=O. The van der Waals surface area contributed by atoms with Crippen LogP contribution in [-0.4, -0.2) is 17.2 Å². The molecule has 0 fully saturated rings. The van der Waals surface area contributed by atoms with Crippen molar-refractivity contribution in [2.24, 2.45) is 0 Å². The molecule has 0 rings (SSSR count). The summed E-state index contributed by atoms with van der Waals surface area (Å²) in [5.74, 6) is 1.64. The van der Waals surface area contributed by atoms with Crippen LogP contribution in [0.25, 0.3) is 0 Å². The minimum atomic E-state index is -0.583. The molecule has 2 nitrogen and oxygen atoms in total. The lowest BCUT2D eigenvalue weighted by Gasteiger charge is -2.04. The van der Waals surface area contributed by atoms with Gasteiger partial charge in [0.25, 0.3) is 0 Å². The third-order valence-corrected chi connectivity index (χ3v) is 3.86. The molecule has 1 unspecified atom stereocenters. The van der Waals surface area contributed by atoms with Crippen molar-refractivity contribution in [2.75, 3.05) is 0 Å². The largest absolute Gasteiger partial charge is 0.388 e. The first kappa shape index (κ1) is 19.4. The Morgan fingerprint density at radius 2 is 1.20 bits per heavy atom. The van der Waals surface area contributed by atoms with E-state index in [0.717, 1.165) is 6.42 Å². The van der Waals surface area contributed by atoms with E-state index in [4.69, 9.17) is 0 Å². The van der Waals surface area contributed by atoms with Gasteiger partial charge in [-0.2, -0.15) is 0 Å². The number of hydrogen-bond acceptors (Lipinski definition) is 2. The van der Waals surface area contributed by atoms with E-state index in [1.165, 1.54) is 83.1 Å². The average molecular weight is 282 g/mol. The molecule has 0 bridgehead atoms. The van der Waals surface area contributed by atoms with Crippen molar-refractivity contribution in [2.45, 2.75) is 103 Å². The fourth-order valence-corrected chi connectivity index (χ4v) is 2.53. The number of unbranched alkanes of at least 4 members (excludes halogenated alkanes) is 12. The van der Waals surface area contributed by atoms with Gasteiger partial charge in [0.2, 0.25) is 0 Å². The molecule has 0 heterocycles. The van der Waals surface area contributed by atoms with E-state index in [1.807, 2.05) is 0 Å². The van der Waals surface area contributed by atoms with Crippen LogP contribution in [0.1, 0.15) is 96.8 Å². The molecule has 1 atom stereocenters. The van der Waals surface area contributed by atoms with Crippen LogP contribution < -0.4 is 0 Å². The van der Waals surface area contributed by atoms with E-state index in [2.05, 4.69) is 6.92 Å². The van der Waals surface area contributed by atoms with Crippen molar-refractivity contribution >= 4 is 5.94 Å². The van der Waals surface area contributed by atoms with E-state index in [0.29, 0.717) is 6.42 Å². The highest BCUT2D eigenvalue weighted by atomic mass is 16.3. The van der Waals surface area contributed by atoms with Gasteiger partial charge in [0.15, 0.2) is 0 Å². The summed E-state index contributed by atoms with van der Waals surface area (Å²) >= 11 is 0. The average Bonchev–Trinajstić information content (AvgIpc) is 2.44. The molecule has 0 saturated carbocycles. The van der Waals surface area contributed by atoms with Crippen LogP contribution in [0.3, 0.4) is 0 Å². The molecule has 20 heavy (non-hydrogen) atoms. The molecule has 0 aliphatic rings.